The molecule has 2 saturated carbocycles. The highest BCUT2D eigenvalue weighted by Crippen LogP contribution is 2.68. The summed E-state index contributed by atoms with van der Waals surface area (Å²) in [5, 5.41) is 0. The molecule has 1 saturated heterocycles. The van der Waals surface area contributed by atoms with E-state index in [1.54, 1.807) is 7.11 Å². The van der Waals surface area contributed by atoms with Gasteiger partial charge in [-0.05, 0) is 108 Å². The summed E-state index contributed by atoms with van der Waals surface area (Å²) in [7, 11) is 3.07. The van der Waals surface area contributed by atoms with Crippen LogP contribution in [-0.4, -0.2) is 27.1 Å². The number of methoxy groups -OCH3 is 1. The maximum absolute atomic E-state index is 6.50. The van der Waals surface area contributed by atoms with Gasteiger partial charge in [0.15, 0.2) is 12.4 Å². The molecule has 44 heavy (non-hydrogen) atoms. The number of ether oxygens (including phenoxy) is 2. The number of hydrogen-bond acceptors (Lipinski definition) is 5. The minimum Gasteiger partial charge on any atom is -0.469 e. The molecule has 5 nitrogen and oxygen atoms in total. The predicted octanol–water partition coefficient (Wildman–Crippen LogP) is 4.31. The smallest absolute Gasteiger partial charge is 0.173 e. The molecule has 2 heterocycles. The van der Waals surface area contributed by atoms with E-state index >= 15 is 0 Å². The summed E-state index contributed by atoms with van der Waals surface area (Å²) in [6, 6.07) is 2.17. The first-order valence-corrected chi connectivity index (χ1v) is 14.6. The van der Waals surface area contributed by atoms with Crippen LogP contribution in [0.15, 0.2) is 16.7 Å². The molecule has 3 aliphatic carbocycles. The molecule has 5 heteroatoms. The Morgan fingerprint density at radius 1 is 0.795 bits per heavy atom. The van der Waals surface area contributed by atoms with E-state index < -0.39 is 0 Å². The monoisotopic (exact) mass is 578 g/mol. The fourth-order valence-corrected chi connectivity index (χ4v) is 7.95. The Morgan fingerprint density at radius 2 is 1.43 bits per heavy atom. The summed E-state index contributed by atoms with van der Waals surface area (Å²) >= 11 is 0. The van der Waals surface area contributed by atoms with Crippen molar-refractivity contribution in [1.82, 2.24) is 0 Å². The lowest BCUT2D eigenvalue weighted by atomic mass is 9.41. The highest BCUT2D eigenvalue weighted by molar-refractivity contribution is 5.47. The summed E-state index contributed by atoms with van der Waals surface area (Å²) in [5.74, 6) is 48.8. The molecule has 0 spiro atoms. The summed E-state index contributed by atoms with van der Waals surface area (Å²) in [4.78, 5) is 8.62. The van der Waals surface area contributed by atoms with Crippen molar-refractivity contribution in [3.8, 4) is 107 Å². The van der Waals surface area contributed by atoms with E-state index in [0.717, 1.165) is 44.5 Å². The van der Waals surface area contributed by atoms with Gasteiger partial charge < -0.3 is 13.9 Å². The molecule has 2 bridgehead atoms. The fourth-order valence-electron chi connectivity index (χ4n) is 7.95. The van der Waals surface area contributed by atoms with Crippen LogP contribution >= 0.6 is 0 Å². The molecule has 216 valence electrons. The van der Waals surface area contributed by atoms with Crippen molar-refractivity contribution in [2.24, 2.45) is 28.6 Å². The topological polar surface area (TPSA) is 50.1 Å². The second-order valence-electron chi connectivity index (χ2n) is 11.2. The Hall–Kier alpha value is -5.00. The van der Waals surface area contributed by atoms with Gasteiger partial charge in [-0.15, -0.1) is 0 Å². The Labute approximate surface area is 260 Å². The zero-order valence-corrected chi connectivity index (χ0v) is 25.0. The summed E-state index contributed by atoms with van der Waals surface area (Å²) in [6.45, 7) is 3.09. The van der Waals surface area contributed by atoms with E-state index in [2.05, 4.69) is 130 Å². The SMILES string of the molecule is COOC#CC#CC#CC#CC#CC#CC#CC#CC#C[C@]12CCC[C@]3(CO[C@@H]1OC)[C@H]1Cc4occc4[C@H](C)[C@@H]1CC[C@@H]23. The van der Waals surface area contributed by atoms with Crippen LogP contribution in [0.4, 0.5) is 0 Å². The molecular weight excluding hydrogens is 548 g/mol. The third-order valence-electron chi connectivity index (χ3n) is 9.46. The number of rotatable bonds is 2. The lowest BCUT2D eigenvalue weighted by Crippen LogP contribution is -2.65. The second-order valence-corrected chi connectivity index (χ2v) is 11.2. The van der Waals surface area contributed by atoms with Gasteiger partial charge in [-0.25, -0.2) is 0 Å². The van der Waals surface area contributed by atoms with Crippen molar-refractivity contribution in [3.63, 3.8) is 0 Å². The molecule has 0 amide bonds. The van der Waals surface area contributed by atoms with Gasteiger partial charge >= 0.3 is 0 Å². The molecule has 0 N–H and O–H groups in total. The van der Waals surface area contributed by atoms with Gasteiger partial charge in [-0.1, -0.05) is 19.3 Å². The van der Waals surface area contributed by atoms with E-state index in [1.165, 1.54) is 19.1 Å². The second kappa shape index (κ2) is 14.5. The van der Waals surface area contributed by atoms with Gasteiger partial charge in [0, 0.05) is 66.3 Å². The molecular formula is C39H30O5. The fraction of sp³-hybridized carbons (Fsp3) is 0.436. The molecule has 0 aromatic carbocycles. The Kier molecular flexibility index (Phi) is 10.0. The van der Waals surface area contributed by atoms with Crippen LogP contribution < -0.4 is 0 Å². The Morgan fingerprint density at radius 3 is 2.07 bits per heavy atom. The molecule has 4 aliphatic rings. The maximum atomic E-state index is 6.50. The summed E-state index contributed by atoms with van der Waals surface area (Å²) in [5.41, 5.74) is 1.08. The van der Waals surface area contributed by atoms with Crippen LogP contribution in [0.3, 0.4) is 0 Å². The van der Waals surface area contributed by atoms with E-state index in [-0.39, 0.29) is 17.1 Å². The van der Waals surface area contributed by atoms with Gasteiger partial charge in [0.05, 0.1) is 25.4 Å². The summed E-state index contributed by atoms with van der Waals surface area (Å²) < 4.78 is 18.4. The van der Waals surface area contributed by atoms with Crippen molar-refractivity contribution in [1.29, 1.82) is 0 Å². The first kappa shape index (κ1) is 30.5. The quantitative estimate of drug-likeness (QED) is 0.298. The highest BCUT2D eigenvalue weighted by atomic mass is 17.2. The molecule has 0 radical (unpaired) electrons. The Bertz CT molecular complexity index is 1840. The lowest BCUT2D eigenvalue weighted by molar-refractivity contribution is -0.303. The average Bonchev–Trinajstić information content (AvgIpc) is 3.51. The van der Waals surface area contributed by atoms with Crippen molar-refractivity contribution in [2.75, 3.05) is 20.8 Å². The number of furan rings is 1. The van der Waals surface area contributed by atoms with Crippen molar-refractivity contribution >= 4 is 0 Å². The van der Waals surface area contributed by atoms with Gasteiger partial charge in [0.25, 0.3) is 0 Å². The minimum atomic E-state index is -0.383. The van der Waals surface area contributed by atoms with Crippen LogP contribution in [0.1, 0.15) is 56.3 Å². The summed E-state index contributed by atoms with van der Waals surface area (Å²) in [6.07, 6.45) is 10.2. The molecule has 0 unspecified atom stereocenters. The standard InChI is InChI=1S/C39H30O5/c1-31-32-21-22-36-38(24-18-16-14-12-10-8-6-4-5-7-9-11-13-15-17-19-27-44-41-3)25-20-26-39(36,30-43-37(38)40-2)34(32)29-35-33(31)23-28-42-35/h23,28,31-32,34,36-37H,20-22,25-26,29-30H2,1-3H3/t31-,32+,34+,36+,37+,38-,39+/m1/s1. The number of fused-ring (bicyclic) bond motifs is 2. The van der Waals surface area contributed by atoms with Crippen LogP contribution in [0.25, 0.3) is 0 Å². The molecule has 3 fully saturated rings. The molecule has 5 rings (SSSR count). The zero-order chi connectivity index (χ0) is 30.7. The van der Waals surface area contributed by atoms with Crippen molar-refractivity contribution in [2.45, 2.75) is 57.7 Å². The predicted molar refractivity (Wildman–Crippen MR) is 164 cm³/mol. The van der Waals surface area contributed by atoms with E-state index in [1.807, 2.05) is 6.26 Å². The van der Waals surface area contributed by atoms with E-state index in [4.69, 9.17) is 13.9 Å². The van der Waals surface area contributed by atoms with Gasteiger partial charge in [0.2, 0.25) is 0 Å². The Balaban J connectivity index is 1.25. The molecule has 7 atom stereocenters. The van der Waals surface area contributed by atoms with E-state index in [0.29, 0.717) is 23.7 Å². The average molecular weight is 579 g/mol. The molecule has 1 aromatic rings. The largest absolute Gasteiger partial charge is 0.469 e. The third kappa shape index (κ3) is 6.19. The van der Waals surface area contributed by atoms with Crippen LogP contribution in [0, 0.1) is 135 Å². The van der Waals surface area contributed by atoms with Crippen molar-refractivity contribution in [3.05, 3.63) is 23.7 Å². The van der Waals surface area contributed by atoms with Crippen LogP contribution in [0.5, 0.6) is 0 Å². The first-order valence-electron chi connectivity index (χ1n) is 14.6. The normalized spacial score (nSPS) is 29.3. The van der Waals surface area contributed by atoms with Crippen molar-refractivity contribution < 1.29 is 23.7 Å². The highest BCUT2D eigenvalue weighted by Gasteiger charge is 2.66. The molecule has 1 aliphatic heterocycles. The van der Waals surface area contributed by atoms with Gasteiger partial charge in [-0.3, -0.25) is 4.89 Å². The minimum absolute atomic E-state index is 0.0770. The maximum Gasteiger partial charge on any atom is 0.173 e. The van der Waals surface area contributed by atoms with Gasteiger partial charge in [-0.2, -0.15) is 4.89 Å². The van der Waals surface area contributed by atoms with E-state index in [9.17, 15) is 0 Å². The van der Waals surface area contributed by atoms with Gasteiger partial charge in [0.1, 0.15) is 5.76 Å². The van der Waals surface area contributed by atoms with Crippen LogP contribution in [0.2, 0.25) is 0 Å². The van der Waals surface area contributed by atoms with Crippen LogP contribution in [-0.2, 0) is 25.7 Å². The zero-order valence-electron chi connectivity index (χ0n) is 25.0. The third-order valence-corrected chi connectivity index (χ3v) is 9.46. The lowest BCUT2D eigenvalue weighted by Gasteiger charge is -2.65. The number of hydrogen-bond donors (Lipinski definition) is 0. The molecule has 1 aromatic heterocycles. The first-order chi connectivity index (χ1) is 21.7.